The van der Waals surface area contributed by atoms with Crippen LogP contribution in [0.4, 0.5) is 0 Å². The van der Waals surface area contributed by atoms with Crippen LogP contribution in [0.25, 0.3) is 0 Å². The monoisotopic (exact) mass is 344 g/mol. The summed E-state index contributed by atoms with van der Waals surface area (Å²) in [5.41, 5.74) is 1.89. The van der Waals surface area contributed by atoms with Crippen molar-refractivity contribution in [1.82, 2.24) is 0 Å². The fourth-order valence-corrected chi connectivity index (χ4v) is 15.4. The average Bonchev–Trinajstić information content (AvgIpc) is 2.69. The normalized spacial score (nSPS) is 33.8. The van der Waals surface area contributed by atoms with Crippen molar-refractivity contribution in [3.8, 4) is 0 Å². The van der Waals surface area contributed by atoms with E-state index in [2.05, 4.69) is 0 Å². The van der Waals surface area contributed by atoms with Crippen molar-refractivity contribution in [3.05, 3.63) is 0 Å². The van der Waals surface area contributed by atoms with Gasteiger partial charge in [0.1, 0.15) is 0 Å². The third-order valence-corrected chi connectivity index (χ3v) is 17.2. The second-order valence-corrected chi connectivity index (χ2v) is 16.7. The Kier molecular flexibility index (Phi) is 6.17. The molecule has 2 heteroatoms. The van der Waals surface area contributed by atoms with Gasteiger partial charge in [0, 0.05) is 0 Å². The fourth-order valence-electron chi connectivity index (χ4n) is 6.16. The molecule has 0 aromatic heterocycles. The number of hydrogen-bond acceptors (Lipinski definition) is 0. The minimum absolute atomic E-state index is 0.947. The molecule has 0 nitrogen and oxygen atoms in total. The molecule has 2 saturated carbocycles. The predicted octanol–water partition coefficient (Wildman–Crippen LogP) is 7.71. The number of rotatable bonds is 2. The first-order valence-electron chi connectivity index (χ1n) is 10.5. The first kappa shape index (κ1) is 17.5. The first-order valence-corrected chi connectivity index (χ1v) is 14.1. The van der Waals surface area contributed by atoms with E-state index in [1.807, 2.05) is 0 Å². The molecular weight excluding hydrogens is 307 g/mol. The van der Waals surface area contributed by atoms with Crippen LogP contribution in [0.1, 0.15) is 103 Å². The Bertz CT molecular complexity index is 310. The van der Waals surface area contributed by atoms with Crippen LogP contribution >= 0.6 is 17.2 Å². The van der Waals surface area contributed by atoms with Crippen LogP contribution in [0.15, 0.2) is 0 Å². The zero-order valence-electron chi connectivity index (χ0n) is 14.7. The van der Waals surface area contributed by atoms with E-state index in [4.69, 9.17) is 11.2 Å². The minimum atomic E-state index is -2.02. The van der Waals surface area contributed by atoms with E-state index >= 15 is 0 Å². The summed E-state index contributed by atoms with van der Waals surface area (Å²) >= 11 is 8.07. The van der Waals surface area contributed by atoms with E-state index in [0.29, 0.717) is 0 Å². The van der Waals surface area contributed by atoms with Crippen molar-refractivity contribution < 1.29 is 0 Å². The molecule has 22 heavy (non-hydrogen) atoms. The molecule has 1 heterocycles. The molecule has 1 saturated heterocycles. The van der Waals surface area contributed by atoms with Gasteiger partial charge >= 0.3 is 144 Å². The van der Waals surface area contributed by atoms with Crippen LogP contribution in [0.2, 0.25) is 0 Å². The second kappa shape index (κ2) is 7.74. The summed E-state index contributed by atoms with van der Waals surface area (Å²) in [6.45, 7) is 0. The molecule has 0 N–H and O–H groups in total. The van der Waals surface area contributed by atoms with Gasteiger partial charge in [-0.05, 0) is 0 Å². The summed E-state index contributed by atoms with van der Waals surface area (Å²) in [5, 5.41) is 0. The topological polar surface area (TPSA) is 0 Å². The predicted molar refractivity (Wildman–Crippen MR) is 104 cm³/mol. The van der Waals surface area contributed by atoms with Crippen molar-refractivity contribution >= 4 is 17.2 Å². The Labute approximate surface area is 143 Å². The van der Waals surface area contributed by atoms with E-state index in [1.165, 1.54) is 115 Å². The van der Waals surface area contributed by atoms with Crippen LogP contribution in [0, 0.1) is 0 Å². The molecule has 2 aliphatic carbocycles. The molecule has 1 aliphatic heterocycles. The van der Waals surface area contributed by atoms with Gasteiger partial charge in [0.15, 0.2) is 0 Å². The second-order valence-electron chi connectivity index (χ2n) is 8.69. The molecule has 0 unspecified atom stereocenters. The Balaban J connectivity index is 1.90. The quantitative estimate of drug-likeness (QED) is 0.450. The van der Waals surface area contributed by atoms with Crippen LogP contribution in [-0.4, -0.2) is 23.6 Å². The fraction of sp³-hybridized carbons (Fsp3) is 1.00. The maximum absolute atomic E-state index is 8.07. The molecular formula is C20H38ClP. The molecule has 0 amide bonds. The van der Waals surface area contributed by atoms with Gasteiger partial charge < -0.3 is 0 Å². The molecule has 0 radical (unpaired) electrons. The zero-order valence-corrected chi connectivity index (χ0v) is 16.4. The van der Waals surface area contributed by atoms with Crippen LogP contribution < -0.4 is 0 Å². The zero-order chi connectivity index (χ0) is 15.3. The first-order chi connectivity index (χ1) is 10.7. The molecule has 0 spiro atoms. The molecule has 3 aliphatic rings. The molecule has 0 aromatic rings. The van der Waals surface area contributed by atoms with Gasteiger partial charge in [-0.1, -0.05) is 0 Å². The molecule has 3 fully saturated rings. The maximum atomic E-state index is 8.07. The standard InChI is InChI=1S/C20H38ClP/c21-22(19-13-7-5-8-14-19,20-15-9-6-10-16-20)17-11-3-1-2-4-12-18-22/h19-20H,1-18H2. The van der Waals surface area contributed by atoms with Crippen molar-refractivity contribution in [2.45, 2.75) is 114 Å². The van der Waals surface area contributed by atoms with Crippen LogP contribution in [0.3, 0.4) is 0 Å². The van der Waals surface area contributed by atoms with E-state index < -0.39 is 5.96 Å². The van der Waals surface area contributed by atoms with Gasteiger partial charge in [-0.3, -0.25) is 0 Å². The summed E-state index contributed by atoms with van der Waals surface area (Å²) in [6, 6.07) is 0. The van der Waals surface area contributed by atoms with Gasteiger partial charge in [-0.25, -0.2) is 0 Å². The van der Waals surface area contributed by atoms with Crippen LogP contribution in [-0.2, 0) is 0 Å². The van der Waals surface area contributed by atoms with Crippen LogP contribution in [0.5, 0.6) is 0 Å². The number of halogens is 1. The Hall–Kier alpha value is 0.720. The third-order valence-electron chi connectivity index (χ3n) is 7.45. The Morgan fingerprint density at radius 1 is 0.455 bits per heavy atom. The van der Waals surface area contributed by atoms with Gasteiger partial charge in [0.05, 0.1) is 0 Å². The molecule has 0 aromatic carbocycles. The average molecular weight is 345 g/mol. The van der Waals surface area contributed by atoms with E-state index in [-0.39, 0.29) is 0 Å². The SMILES string of the molecule is ClP1(C2CCCCC2)(C2CCCCC2)CCCCCCCC1. The van der Waals surface area contributed by atoms with Crippen molar-refractivity contribution in [1.29, 1.82) is 0 Å². The molecule has 130 valence electrons. The summed E-state index contributed by atoms with van der Waals surface area (Å²) in [5.74, 6) is -2.02. The van der Waals surface area contributed by atoms with Gasteiger partial charge in [0.25, 0.3) is 0 Å². The Morgan fingerprint density at radius 2 is 0.773 bits per heavy atom. The van der Waals surface area contributed by atoms with E-state index in [9.17, 15) is 0 Å². The van der Waals surface area contributed by atoms with Gasteiger partial charge in [-0.15, -0.1) is 0 Å². The molecule has 0 atom stereocenters. The summed E-state index contributed by atoms with van der Waals surface area (Å²) in [7, 11) is 0. The van der Waals surface area contributed by atoms with Crippen molar-refractivity contribution in [2.75, 3.05) is 12.3 Å². The number of hydrogen-bond donors (Lipinski definition) is 0. The summed E-state index contributed by atoms with van der Waals surface area (Å²) < 4.78 is 0. The van der Waals surface area contributed by atoms with Gasteiger partial charge in [0.2, 0.25) is 0 Å². The van der Waals surface area contributed by atoms with Gasteiger partial charge in [-0.2, -0.15) is 0 Å². The summed E-state index contributed by atoms with van der Waals surface area (Å²) in [4.78, 5) is 0. The Morgan fingerprint density at radius 3 is 1.18 bits per heavy atom. The van der Waals surface area contributed by atoms with E-state index in [0.717, 1.165) is 11.3 Å². The summed E-state index contributed by atoms with van der Waals surface area (Å²) in [6.07, 6.45) is 26.5. The molecule has 3 rings (SSSR count). The molecule has 0 bridgehead atoms. The third kappa shape index (κ3) is 3.54. The van der Waals surface area contributed by atoms with Crippen molar-refractivity contribution in [2.24, 2.45) is 0 Å². The van der Waals surface area contributed by atoms with E-state index in [1.54, 1.807) is 0 Å². The van der Waals surface area contributed by atoms with Crippen molar-refractivity contribution in [3.63, 3.8) is 0 Å².